The molecule has 0 radical (unpaired) electrons. The van der Waals surface area contributed by atoms with E-state index in [9.17, 15) is 9.90 Å². The lowest BCUT2D eigenvalue weighted by Gasteiger charge is -2.18. The average molecular weight is 332 g/mol. The molecule has 0 bridgehead atoms. The van der Waals surface area contributed by atoms with Crippen LogP contribution in [0.5, 0.6) is 0 Å². The Balaban J connectivity index is 1.84. The molecule has 0 amide bonds. The Morgan fingerprint density at radius 3 is 2.52 bits per heavy atom. The van der Waals surface area contributed by atoms with Crippen LogP contribution in [0.3, 0.4) is 0 Å². The first-order chi connectivity index (χ1) is 11.0. The zero-order chi connectivity index (χ0) is 16.8. The summed E-state index contributed by atoms with van der Waals surface area (Å²) < 4.78 is 0. The van der Waals surface area contributed by atoms with Crippen molar-refractivity contribution >= 4 is 17.4 Å². The van der Waals surface area contributed by atoms with E-state index in [2.05, 4.69) is 12.2 Å². The molecule has 0 aliphatic heterocycles. The molecule has 0 spiro atoms. The molecule has 23 heavy (non-hydrogen) atoms. The highest BCUT2D eigenvalue weighted by molar-refractivity contribution is 6.30. The summed E-state index contributed by atoms with van der Waals surface area (Å²) in [6.07, 6.45) is 0.247. The van der Waals surface area contributed by atoms with E-state index in [0.29, 0.717) is 11.6 Å². The van der Waals surface area contributed by atoms with Crippen molar-refractivity contribution in [3.8, 4) is 0 Å². The van der Waals surface area contributed by atoms with Gasteiger partial charge in [-0.2, -0.15) is 0 Å². The van der Waals surface area contributed by atoms with Crippen LogP contribution in [0.15, 0.2) is 48.5 Å². The van der Waals surface area contributed by atoms with Gasteiger partial charge in [0.25, 0.3) is 0 Å². The van der Waals surface area contributed by atoms with E-state index in [1.54, 1.807) is 19.1 Å². The second-order valence-electron chi connectivity index (χ2n) is 5.84. The van der Waals surface area contributed by atoms with Crippen LogP contribution in [0, 0.1) is 0 Å². The summed E-state index contributed by atoms with van der Waals surface area (Å²) in [5.74, 6) is 0.0763. The maximum atomic E-state index is 11.3. The number of carbonyl (C=O) groups excluding carboxylic acids is 1. The SMILES string of the molecule is CC(=O)c1ccc(C[C@@H](C)NC[C@H](O)c2cccc(Cl)c2)cc1. The number of aliphatic hydroxyl groups excluding tert-OH is 1. The maximum Gasteiger partial charge on any atom is 0.159 e. The number of carbonyl (C=O) groups is 1. The normalized spacial score (nSPS) is 13.6. The Morgan fingerprint density at radius 2 is 1.91 bits per heavy atom. The molecule has 2 atom stereocenters. The number of nitrogens with one attached hydrogen (secondary N) is 1. The third kappa shape index (κ3) is 5.47. The van der Waals surface area contributed by atoms with Crippen molar-refractivity contribution in [3.63, 3.8) is 0 Å². The first kappa shape index (κ1) is 17.7. The van der Waals surface area contributed by atoms with Crippen LogP contribution in [-0.2, 0) is 6.42 Å². The molecule has 0 saturated carbocycles. The molecule has 2 rings (SSSR count). The van der Waals surface area contributed by atoms with Crippen LogP contribution in [-0.4, -0.2) is 23.5 Å². The summed E-state index contributed by atoms with van der Waals surface area (Å²) in [5.41, 5.74) is 2.70. The summed E-state index contributed by atoms with van der Waals surface area (Å²) in [7, 11) is 0. The first-order valence-electron chi connectivity index (χ1n) is 7.72. The largest absolute Gasteiger partial charge is 0.387 e. The second-order valence-corrected chi connectivity index (χ2v) is 6.27. The van der Waals surface area contributed by atoms with Gasteiger partial charge in [-0.15, -0.1) is 0 Å². The number of hydrogen-bond donors (Lipinski definition) is 2. The topological polar surface area (TPSA) is 49.3 Å². The minimum Gasteiger partial charge on any atom is -0.387 e. The second kappa shape index (κ2) is 8.25. The van der Waals surface area contributed by atoms with Gasteiger partial charge < -0.3 is 10.4 Å². The molecule has 122 valence electrons. The number of aliphatic hydroxyl groups is 1. The standard InChI is InChI=1S/C19H22ClNO2/c1-13(10-15-6-8-16(9-7-15)14(2)22)21-12-19(23)17-4-3-5-18(20)11-17/h3-9,11,13,19,21,23H,10,12H2,1-2H3/t13-,19+/m1/s1. The van der Waals surface area contributed by atoms with Crippen molar-refractivity contribution in [2.75, 3.05) is 6.54 Å². The van der Waals surface area contributed by atoms with Gasteiger partial charge in [0.2, 0.25) is 0 Å². The van der Waals surface area contributed by atoms with Crippen LogP contribution in [0.4, 0.5) is 0 Å². The van der Waals surface area contributed by atoms with Gasteiger partial charge in [0, 0.05) is 23.2 Å². The first-order valence-corrected chi connectivity index (χ1v) is 8.10. The van der Waals surface area contributed by atoms with Crippen molar-refractivity contribution in [1.29, 1.82) is 0 Å². The summed E-state index contributed by atoms with van der Waals surface area (Å²) in [6, 6.07) is 15.1. The van der Waals surface area contributed by atoms with Gasteiger partial charge in [0.1, 0.15) is 0 Å². The number of benzene rings is 2. The minimum absolute atomic E-state index is 0.0763. The number of hydrogen-bond acceptors (Lipinski definition) is 3. The summed E-state index contributed by atoms with van der Waals surface area (Å²) in [6.45, 7) is 4.10. The lowest BCUT2D eigenvalue weighted by Crippen LogP contribution is -2.32. The van der Waals surface area contributed by atoms with Gasteiger partial charge in [0.15, 0.2) is 5.78 Å². The number of halogens is 1. The minimum atomic E-state index is -0.587. The summed E-state index contributed by atoms with van der Waals surface area (Å²) in [4.78, 5) is 11.3. The van der Waals surface area contributed by atoms with Crippen LogP contribution in [0.25, 0.3) is 0 Å². The van der Waals surface area contributed by atoms with Crippen molar-refractivity contribution in [3.05, 3.63) is 70.2 Å². The lowest BCUT2D eigenvalue weighted by atomic mass is 10.0. The van der Waals surface area contributed by atoms with E-state index >= 15 is 0 Å². The molecule has 3 nitrogen and oxygen atoms in total. The van der Waals surface area contributed by atoms with Gasteiger partial charge in [0.05, 0.1) is 6.10 Å². The fourth-order valence-electron chi connectivity index (χ4n) is 2.45. The molecule has 0 aliphatic carbocycles. The predicted octanol–water partition coefficient (Wildman–Crippen LogP) is 3.80. The van der Waals surface area contributed by atoms with E-state index < -0.39 is 6.10 Å². The van der Waals surface area contributed by atoms with E-state index in [-0.39, 0.29) is 11.8 Å². The molecule has 4 heteroatoms. The van der Waals surface area contributed by atoms with Crippen molar-refractivity contribution in [1.82, 2.24) is 5.32 Å². The van der Waals surface area contributed by atoms with Gasteiger partial charge in [-0.1, -0.05) is 48.0 Å². The quantitative estimate of drug-likeness (QED) is 0.759. The van der Waals surface area contributed by atoms with E-state index in [4.69, 9.17) is 11.6 Å². The fourth-order valence-corrected chi connectivity index (χ4v) is 2.64. The molecule has 0 heterocycles. The summed E-state index contributed by atoms with van der Waals surface area (Å²) >= 11 is 5.94. The molecule has 2 aromatic carbocycles. The Kier molecular flexibility index (Phi) is 6.34. The highest BCUT2D eigenvalue weighted by atomic mass is 35.5. The molecular formula is C19H22ClNO2. The molecule has 0 saturated heterocycles. The highest BCUT2D eigenvalue weighted by Crippen LogP contribution is 2.17. The number of Topliss-reactive ketones (excluding diaryl/α,β-unsaturated/α-hetero) is 1. The maximum absolute atomic E-state index is 11.3. The summed E-state index contributed by atoms with van der Waals surface area (Å²) in [5, 5.41) is 14.2. The van der Waals surface area contributed by atoms with E-state index in [1.165, 1.54) is 0 Å². The molecule has 0 aliphatic rings. The zero-order valence-electron chi connectivity index (χ0n) is 13.4. The Hall–Kier alpha value is -1.68. The smallest absolute Gasteiger partial charge is 0.159 e. The van der Waals surface area contributed by atoms with Crippen molar-refractivity contribution in [2.45, 2.75) is 32.4 Å². The van der Waals surface area contributed by atoms with Gasteiger partial charge in [-0.25, -0.2) is 0 Å². The average Bonchev–Trinajstić information content (AvgIpc) is 2.53. The van der Waals surface area contributed by atoms with Crippen molar-refractivity contribution < 1.29 is 9.90 Å². The van der Waals surface area contributed by atoms with Gasteiger partial charge >= 0.3 is 0 Å². The Labute approximate surface area is 142 Å². The molecule has 0 unspecified atom stereocenters. The van der Waals surface area contributed by atoms with Crippen LogP contribution in [0.1, 0.15) is 41.4 Å². The van der Waals surface area contributed by atoms with Crippen LogP contribution >= 0.6 is 11.6 Å². The number of ketones is 1. The molecule has 0 fully saturated rings. The third-order valence-electron chi connectivity index (χ3n) is 3.80. The molecule has 2 N–H and O–H groups in total. The molecular weight excluding hydrogens is 310 g/mol. The highest BCUT2D eigenvalue weighted by Gasteiger charge is 2.10. The lowest BCUT2D eigenvalue weighted by molar-refractivity contribution is 0.101. The fraction of sp³-hybridized carbons (Fsp3) is 0.316. The Bertz CT molecular complexity index is 655. The van der Waals surface area contributed by atoms with Crippen LogP contribution in [0.2, 0.25) is 5.02 Å². The van der Waals surface area contributed by atoms with Gasteiger partial charge in [-0.3, -0.25) is 4.79 Å². The molecule has 2 aromatic rings. The molecule has 0 aromatic heterocycles. The Morgan fingerprint density at radius 1 is 1.22 bits per heavy atom. The van der Waals surface area contributed by atoms with E-state index in [1.807, 2.05) is 36.4 Å². The van der Waals surface area contributed by atoms with E-state index in [0.717, 1.165) is 23.1 Å². The van der Waals surface area contributed by atoms with Crippen LogP contribution < -0.4 is 5.32 Å². The third-order valence-corrected chi connectivity index (χ3v) is 4.03. The van der Waals surface area contributed by atoms with Crippen molar-refractivity contribution in [2.24, 2.45) is 0 Å². The predicted molar refractivity (Wildman–Crippen MR) is 94.0 cm³/mol. The zero-order valence-corrected chi connectivity index (χ0v) is 14.2. The van der Waals surface area contributed by atoms with Gasteiger partial charge in [-0.05, 0) is 43.5 Å². The number of rotatable bonds is 7. The monoisotopic (exact) mass is 331 g/mol.